The summed E-state index contributed by atoms with van der Waals surface area (Å²) >= 11 is 0. The summed E-state index contributed by atoms with van der Waals surface area (Å²) in [4.78, 5) is 33.2. The van der Waals surface area contributed by atoms with E-state index in [9.17, 15) is 14.4 Å². The molecule has 1 unspecified atom stereocenters. The number of nitrogens with two attached hydrogens (primary N) is 1. The monoisotopic (exact) mass is 256 g/mol. The number of amides is 2. The van der Waals surface area contributed by atoms with E-state index < -0.39 is 17.9 Å². The summed E-state index contributed by atoms with van der Waals surface area (Å²) in [5.41, 5.74) is 4.94. The zero-order valence-electron chi connectivity index (χ0n) is 10.4. The van der Waals surface area contributed by atoms with Crippen molar-refractivity contribution in [2.24, 2.45) is 11.7 Å². The maximum Gasteiger partial charge on any atom is 0.326 e. The third kappa shape index (κ3) is 5.16. The summed E-state index contributed by atoms with van der Waals surface area (Å²) in [5, 5.41) is 11.2. The summed E-state index contributed by atoms with van der Waals surface area (Å²) in [6.07, 6.45) is 5.46. The van der Waals surface area contributed by atoms with Crippen molar-refractivity contribution in [3.8, 4) is 0 Å². The Labute approximate surface area is 106 Å². The normalized spacial score (nSPS) is 18.0. The van der Waals surface area contributed by atoms with E-state index in [1.807, 2.05) is 0 Å². The van der Waals surface area contributed by atoms with E-state index in [0.29, 0.717) is 12.3 Å². The standard InChI is InChI=1S/C12H20N2O4/c13-10(15)7-9(12(17)18)14-11(16)6-8-4-2-1-3-5-8/h8-9H,1-7H2,(H2,13,15)(H,14,16)(H,17,18). The Hall–Kier alpha value is -1.59. The molecule has 0 aliphatic heterocycles. The van der Waals surface area contributed by atoms with Gasteiger partial charge in [0.15, 0.2) is 0 Å². The van der Waals surface area contributed by atoms with Crippen LogP contribution in [0.1, 0.15) is 44.9 Å². The van der Waals surface area contributed by atoms with Crippen LogP contribution in [0.4, 0.5) is 0 Å². The Kier molecular flexibility index (Phi) is 5.61. The Bertz CT molecular complexity index is 324. The number of carbonyl (C=O) groups excluding carboxylic acids is 2. The van der Waals surface area contributed by atoms with Crippen LogP contribution in [0.5, 0.6) is 0 Å². The molecule has 6 nitrogen and oxygen atoms in total. The van der Waals surface area contributed by atoms with Gasteiger partial charge in [-0.05, 0) is 18.8 Å². The highest BCUT2D eigenvalue weighted by Crippen LogP contribution is 2.26. The van der Waals surface area contributed by atoms with Crippen molar-refractivity contribution < 1.29 is 19.5 Å². The highest BCUT2D eigenvalue weighted by atomic mass is 16.4. The molecular weight excluding hydrogens is 236 g/mol. The van der Waals surface area contributed by atoms with Gasteiger partial charge in [0.05, 0.1) is 6.42 Å². The molecule has 102 valence electrons. The Morgan fingerprint density at radius 2 is 1.83 bits per heavy atom. The number of carbonyl (C=O) groups is 3. The van der Waals surface area contributed by atoms with Gasteiger partial charge >= 0.3 is 5.97 Å². The van der Waals surface area contributed by atoms with Crippen LogP contribution < -0.4 is 11.1 Å². The number of carboxylic acids is 1. The predicted molar refractivity (Wildman–Crippen MR) is 64.6 cm³/mol. The van der Waals surface area contributed by atoms with E-state index in [2.05, 4.69) is 5.32 Å². The Balaban J connectivity index is 2.40. The molecule has 6 heteroatoms. The zero-order valence-corrected chi connectivity index (χ0v) is 10.4. The SMILES string of the molecule is NC(=O)CC(NC(=O)CC1CCCCC1)C(=O)O. The van der Waals surface area contributed by atoms with Gasteiger partial charge in [0.1, 0.15) is 6.04 Å². The minimum Gasteiger partial charge on any atom is -0.480 e. The fraction of sp³-hybridized carbons (Fsp3) is 0.750. The second-order valence-electron chi connectivity index (χ2n) is 4.84. The molecule has 18 heavy (non-hydrogen) atoms. The van der Waals surface area contributed by atoms with Gasteiger partial charge in [0.2, 0.25) is 11.8 Å². The van der Waals surface area contributed by atoms with Crippen molar-refractivity contribution in [1.29, 1.82) is 0 Å². The molecule has 1 rings (SSSR count). The van der Waals surface area contributed by atoms with Gasteiger partial charge in [-0.2, -0.15) is 0 Å². The first kappa shape index (κ1) is 14.5. The van der Waals surface area contributed by atoms with Crippen LogP contribution in [0.15, 0.2) is 0 Å². The van der Waals surface area contributed by atoms with E-state index in [4.69, 9.17) is 10.8 Å². The molecule has 2 amide bonds. The molecule has 1 aliphatic rings. The van der Waals surface area contributed by atoms with Gasteiger partial charge in [-0.3, -0.25) is 9.59 Å². The molecule has 0 saturated heterocycles. The smallest absolute Gasteiger partial charge is 0.326 e. The number of hydrogen-bond acceptors (Lipinski definition) is 3. The van der Waals surface area contributed by atoms with Crippen molar-refractivity contribution in [1.82, 2.24) is 5.32 Å². The lowest BCUT2D eigenvalue weighted by Crippen LogP contribution is -2.43. The molecule has 0 aromatic carbocycles. The molecule has 4 N–H and O–H groups in total. The predicted octanol–water partition coefficient (Wildman–Crippen LogP) is 0.402. The highest BCUT2D eigenvalue weighted by Gasteiger charge is 2.24. The summed E-state index contributed by atoms with van der Waals surface area (Å²) in [6, 6.07) is -1.21. The number of nitrogens with one attached hydrogen (secondary N) is 1. The molecule has 0 radical (unpaired) electrons. The summed E-state index contributed by atoms with van der Waals surface area (Å²) in [6.45, 7) is 0. The number of carboxylic acid groups (broad SMARTS) is 1. The molecule has 0 heterocycles. The van der Waals surface area contributed by atoms with Gasteiger partial charge < -0.3 is 16.2 Å². The third-order valence-electron chi connectivity index (χ3n) is 3.24. The molecule has 1 aliphatic carbocycles. The average Bonchev–Trinajstić information content (AvgIpc) is 2.28. The third-order valence-corrected chi connectivity index (χ3v) is 3.24. The first-order chi connectivity index (χ1) is 8.49. The van der Waals surface area contributed by atoms with Crippen molar-refractivity contribution in [2.45, 2.75) is 51.0 Å². The second kappa shape index (κ2) is 6.98. The Morgan fingerprint density at radius 1 is 1.22 bits per heavy atom. The Morgan fingerprint density at radius 3 is 2.33 bits per heavy atom. The number of hydrogen-bond donors (Lipinski definition) is 3. The lowest BCUT2D eigenvalue weighted by atomic mass is 9.87. The lowest BCUT2D eigenvalue weighted by molar-refractivity contribution is -0.143. The van der Waals surface area contributed by atoms with E-state index in [0.717, 1.165) is 25.7 Å². The largest absolute Gasteiger partial charge is 0.480 e. The topological polar surface area (TPSA) is 109 Å². The van der Waals surface area contributed by atoms with Crippen LogP contribution in [0, 0.1) is 5.92 Å². The number of primary amides is 1. The first-order valence-electron chi connectivity index (χ1n) is 6.29. The highest BCUT2D eigenvalue weighted by molar-refractivity contribution is 5.88. The van der Waals surface area contributed by atoms with Crippen molar-refractivity contribution >= 4 is 17.8 Å². The summed E-state index contributed by atoms with van der Waals surface area (Å²) in [5.74, 6) is -1.94. The first-order valence-corrected chi connectivity index (χ1v) is 6.29. The molecule has 0 spiro atoms. The van der Waals surface area contributed by atoms with Gasteiger partial charge in [0.25, 0.3) is 0 Å². The van der Waals surface area contributed by atoms with E-state index >= 15 is 0 Å². The maximum atomic E-state index is 11.7. The lowest BCUT2D eigenvalue weighted by Gasteiger charge is -2.21. The van der Waals surface area contributed by atoms with Gasteiger partial charge in [-0.25, -0.2) is 4.79 Å². The molecule has 0 aromatic heterocycles. The minimum atomic E-state index is -1.23. The molecule has 1 saturated carbocycles. The molecular formula is C12H20N2O4. The summed E-state index contributed by atoms with van der Waals surface area (Å²) < 4.78 is 0. The van der Waals surface area contributed by atoms with E-state index in [-0.39, 0.29) is 12.3 Å². The fourth-order valence-corrected chi connectivity index (χ4v) is 2.31. The number of rotatable bonds is 6. The van der Waals surface area contributed by atoms with Crippen molar-refractivity contribution in [3.63, 3.8) is 0 Å². The van der Waals surface area contributed by atoms with Gasteiger partial charge in [0, 0.05) is 6.42 Å². The molecule has 0 bridgehead atoms. The van der Waals surface area contributed by atoms with Gasteiger partial charge in [-0.1, -0.05) is 19.3 Å². The van der Waals surface area contributed by atoms with E-state index in [1.165, 1.54) is 6.42 Å². The minimum absolute atomic E-state index is 0.310. The van der Waals surface area contributed by atoms with Crippen molar-refractivity contribution in [2.75, 3.05) is 0 Å². The average molecular weight is 256 g/mol. The van der Waals surface area contributed by atoms with Gasteiger partial charge in [-0.15, -0.1) is 0 Å². The van der Waals surface area contributed by atoms with Crippen LogP contribution in [0.25, 0.3) is 0 Å². The van der Waals surface area contributed by atoms with Crippen LogP contribution in [0.3, 0.4) is 0 Å². The molecule has 1 atom stereocenters. The molecule has 1 fully saturated rings. The molecule has 0 aromatic rings. The quantitative estimate of drug-likeness (QED) is 0.639. The zero-order chi connectivity index (χ0) is 13.5. The van der Waals surface area contributed by atoms with Crippen LogP contribution in [0.2, 0.25) is 0 Å². The van der Waals surface area contributed by atoms with Crippen LogP contribution in [-0.2, 0) is 14.4 Å². The van der Waals surface area contributed by atoms with Crippen LogP contribution in [-0.4, -0.2) is 28.9 Å². The second-order valence-corrected chi connectivity index (χ2v) is 4.84. The van der Waals surface area contributed by atoms with Crippen molar-refractivity contribution in [3.05, 3.63) is 0 Å². The van der Waals surface area contributed by atoms with Crippen LogP contribution >= 0.6 is 0 Å². The fourth-order valence-electron chi connectivity index (χ4n) is 2.31. The number of aliphatic carboxylic acids is 1. The van der Waals surface area contributed by atoms with E-state index in [1.54, 1.807) is 0 Å². The summed E-state index contributed by atoms with van der Waals surface area (Å²) in [7, 11) is 0. The maximum absolute atomic E-state index is 11.7.